The molecule has 0 heterocycles. The lowest BCUT2D eigenvalue weighted by Gasteiger charge is -2.56. The zero-order chi connectivity index (χ0) is 14.8. The lowest BCUT2D eigenvalue weighted by Crippen LogP contribution is -2.53. The van der Waals surface area contributed by atoms with Crippen molar-refractivity contribution >= 4 is 11.8 Å². The predicted molar refractivity (Wildman–Crippen MR) is 75.0 cm³/mol. The minimum Gasteiger partial charge on any atom is -0.466 e. The van der Waals surface area contributed by atoms with Gasteiger partial charge < -0.3 is 9.84 Å². The van der Waals surface area contributed by atoms with Gasteiger partial charge in [0.05, 0.1) is 13.2 Å². The van der Waals surface area contributed by atoms with Crippen molar-refractivity contribution in [3.05, 3.63) is 12.2 Å². The Morgan fingerprint density at radius 2 is 2.05 bits per heavy atom. The number of ether oxygens (including phenoxy) is 1. The number of hydrogen-bond acceptors (Lipinski definition) is 4. The van der Waals surface area contributed by atoms with Gasteiger partial charge in [-0.2, -0.15) is 0 Å². The van der Waals surface area contributed by atoms with Gasteiger partial charge >= 0.3 is 5.97 Å². The van der Waals surface area contributed by atoms with E-state index < -0.39 is 17.5 Å². The lowest BCUT2D eigenvalue weighted by molar-refractivity contribution is -0.146. The van der Waals surface area contributed by atoms with Crippen molar-refractivity contribution in [3.8, 4) is 0 Å². The van der Waals surface area contributed by atoms with Crippen LogP contribution in [0.1, 0.15) is 51.9 Å². The number of fused-ring (bicyclic) bond motifs is 1. The van der Waals surface area contributed by atoms with E-state index in [2.05, 4.69) is 11.7 Å². The highest BCUT2D eigenvalue weighted by Crippen LogP contribution is 2.59. The van der Waals surface area contributed by atoms with Gasteiger partial charge in [0.1, 0.15) is 5.78 Å². The van der Waals surface area contributed by atoms with Crippen LogP contribution >= 0.6 is 0 Å². The van der Waals surface area contributed by atoms with Crippen molar-refractivity contribution < 1.29 is 19.4 Å². The molecule has 2 saturated carbocycles. The molecule has 1 N–H and O–H groups in total. The second-order valence-electron chi connectivity index (χ2n) is 6.47. The Morgan fingerprint density at radius 1 is 1.35 bits per heavy atom. The van der Waals surface area contributed by atoms with Crippen molar-refractivity contribution in [1.29, 1.82) is 0 Å². The Balaban J connectivity index is 2.28. The molecule has 4 heteroatoms. The minimum absolute atomic E-state index is 0.0148. The van der Waals surface area contributed by atoms with E-state index in [-0.39, 0.29) is 11.2 Å². The monoisotopic (exact) mass is 280 g/mol. The maximum atomic E-state index is 11.9. The number of Topliss-reactive ketones (excluding diaryl/α,β-unsaturated/α-hetero) is 1. The normalized spacial score (nSPS) is 35.6. The summed E-state index contributed by atoms with van der Waals surface area (Å²) in [5.41, 5.74) is -0.426. The fraction of sp³-hybridized carbons (Fsp3) is 0.750. The van der Waals surface area contributed by atoms with Crippen LogP contribution < -0.4 is 0 Å². The Kier molecular flexibility index (Phi) is 4.33. The minimum atomic E-state index is -0.767. The van der Waals surface area contributed by atoms with E-state index in [1.165, 1.54) is 19.3 Å². The van der Waals surface area contributed by atoms with E-state index >= 15 is 0 Å². The number of ketones is 1. The molecule has 2 fully saturated rings. The van der Waals surface area contributed by atoms with Gasteiger partial charge in [-0.25, -0.2) is 4.79 Å². The van der Waals surface area contributed by atoms with Crippen molar-refractivity contribution in [3.63, 3.8) is 0 Å². The lowest BCUT2D eigenvalue weighted by atomic mass is 9.48. The highest BCUT2D eigenvalue weighted by molar-refractivity contribution is 5.82. The average Bonchev–Trinajstić information content (AvgIpc) is 2.44. The first-order valence-electron chi connectivity index (χ1n) is 7.39. The second kappa shape index (κ2) is 5.68. The maximum absolute atomic E-state index is 11.9. The fourth-order valence-electron chi connectivity index (χ4n) is 4.07. The SMILES string of the molecule is COC(=O)/C=C/C(O)C12CCCCC1(C)CCC(=O)C2. The molecule has 0 bridgehead atoms. The van der Waals surface area contributed by atoms with Crippen LogP contribution in [-0.4, -0.2) is 30.1 Å². The molecular formula is C16H24O4. The maximum Gasteiger partial charge on any atom is 0.330 e. The molecule has 0 aliphatic heterocycles. The third kappa shape index (κ3) is 2.53. The number of aliphatic hydroxyl groups excluding tert-OH is 1. The zero-order valence-electron chi connectivity index (χ0n) is 12.4. The first-order valence-corrected chi connectivity index (χ1v) is 7.39. The Hall–Kier alpha value is -1.16. The van der Waals surface area contributed by atoms with Crippen LogP contribution in [0, 0.1) is 10.8 Å². The largest absolute Gasteiger partial charge is 0.466 e. The van der Waals surface area contributed by atoms with Gasteiger partial charge in [-0.05, 0) is 30.8 Å². The van der Waals surface area contributed by atoms with Crippen LogP contribution in [0.15, 0.2) is 12.2 Å². The van der Waals surface area contributed by atoms with E-state index in [9.17, 15) is 14.7 Å². The van der Waals surface area contributed by atoms with Crippen molar-refractivity contribution in [2.75, 3.05) is 7.11 Å². The summed E-state index contributed by atoms with van der Waals surface area (Å²) in [6, 6.07) is 0. The molecule has 20 heavy (non-hydrogen) atoms. The summed E-state index contributed by atoms with van der Waals surface area (Å²) in [6.45, 7) is 2.19. The summed E-state index contributed by atoms with van der Waals surface area (Å²) >= 11 is 0. The summed E-state index contributed by atoms with van der Waals surface area (Å²) in [7, 11) is 1.31. The van der Waals surface area contributed by atoms with Crippen LogP contribution in [0.25, 0.3) is 0 Å². The van der Waals surface area contributed by atoms with Gasteiger partial charge in [0, 0.05) is 24.3 Å². The predicted octanol–water partition coefficient (Wildman–Crippen LogP) is 2.40. The topological polar surface area (TPSA) is 63.6 Å². The van der Waals surface area contributed by atoms with Crippen molar-refractivity contribution in [2.45, 2.75) is 58.0 Å². The van der Waals surface area contributed by atoms with Crippen LogP contribution in [0.3, 0.4) is 0 Å². The van der Waals surface area contributed by atoms with E-state index in [1.54, 1.807) is 0 Å². The fourth-order valence-corrected chi connectivity index (χ4v) is 4.07. The zero-order valence-corrected chi connectivity index (χ0v) is 12.4. The van der Waals surface area contributed by atoms with Crippen LogP contribution in [-0.2, 0) is 14.3 Å². The number of carbonyl (C=O) groups excluding carboxylic acids is 2. The van der Waals surface area contributed by atoms with Gasteiger partial charge in [-0.15, -0.1) is 0 Å². The van der Waals surface area contributed by atoms with E-state index in [4.69, 9.17) is 0 Å². The molecule has 3 atom stereocenters. The van der Waals surface area contributed by atoms with Gasteiger partial charge in [0.25, 0.3) is 0 Å². The van der Waals surface area contributed by atoms with Crippen LogP contribution in [0.4, 0.5) is 0 Å². The molecule has 0 radical (unpaired) electrons. The standard InChI is InChI=1S/C16H24O4/c1-15-8-3-4-9-16(15,11-12(17)7-10-15)13(18)5-6-14(19)20-2/h5-6,13,18H,3-4,7-11H2,1-2H3/b6-5+. The highest BCUT2D eigenvalue weighted by Gasteiger charge is 2.55. The number of hydrogen-bond donors (Lipinski definition) is 1. The van der Waals surface area contributed by atoms with Gasteiger partial charge in [-0.1, -0.05) is 19.8 Å². The summed E-state index contributed by atoms with van der Waals surface area (Å²) in [5.74, 6) is -0.241. The third-order valence-corrected chi connectivity index (χ3v) is 5.45. The van der Waals surface area contributed by atoms with Gasteiger partial charge in [0.2, 0.25) is 0 Å². The Bertz CT molecular complexity index is 428. The average molecular weight is 280 g/mol. The second-order valence-corrected chi connectivity index (χ2v) is 6.47. The van der Waals surface area contributed by atoms with E-state index in [0.717, 1.165) is 32.1 Å². The van der Waals surface area contributed by atoms with Crippen LogP contribution in [0.5, 0.6) is 0 Å². The molecule has 112 valence electrons. The number of methoxy groups -OCH3 is 1. The molecule has 2 rings (SSSR count). The molecule has 0 aromatic carbocycles. The Labute approximate surface area is 120 Å². The molecule has 0 saturated heterocycles. The Morgan fingerprint density at radius 3 is 2.75 bits per heavy atom. The molecule has 0 aromatic rings. The summed E-state index contributed by atoms with van der Waals surface area (Å²) < 4.78 is 4.56. The van der Waals surface area contributed by atoms with Crippen molar-refractivity contribution in [1.82, 2.24) is 0 Å². The summed E-state index contributed by atoms with van der Waals surface area (Å²) in [5, 5.41) is 10.6. The summed E-state index contributed by atoms with van der Waals surface area (Å²) in [4.78, 5) is 23.2. The first-order chi connectivity index (χ1) is 9.43. The first kappa shape index (κ1) is 15.2. The molecular weight excluding hydrogens is 256 g/mol. The van der Waals surface area contributed by atoms with Gasteiger partial charge in [0.15, 0.2) is 0 Å². The molecule has 3 unspecified atom stereocenters. The molecule has 2 aliphatic rings. The number of aliphatic hydroxyl groups is 1. The smallest absolute Gasteiger partial charge is 0.330 e. The van der Waals surface area contributed by atoms with Crippen LogP contribution in [0.2, 0.25) is 0 Å². The molecule has 4 nitrogen and oxygen atoms in total. The number of esters is 1. The molecule has 0 aromatic heterocycles. The van der Waals surface area contributed by atoms with Crippen molar-refractivity contribution in [2.24, 2.45) is 10.8 Å². The molecule has 0 amide bonds. The quantitative estimate of drug-likeness (QED) is 0.637. The van der Waals surface area contributed by atoms with E-state index in [1.807, 2.05) is 0 Å². The molecule has 0 spiro atoms. The number of carbonyl (C=O) groups is 2. The highest BCUT2D eigenvalue weighted by atomic mass is 16.5. The third-order valence-electron chi connectivity index (χ3n) is 5.45. The summed E-state index contributed by atoms with van der Waals surface area (Å²) in [6.07, 6.45) is 7.98. The van der Waals surface area contributed by atoms with E-state index in [0.29, 0.717) is 12.8 Å². The number of rotatable bonds is 3. The molecule has 2 aliphatic carbocycles. The van der Waals surface area contributed by atoms with Gasteiger partial charge in [-0.3, -0.25) is 4.79 Å².